The molecule has 0 atom stereocenters. The van der Waals surface area contributed by atoms with E-state index in [4.69, 9.17) is 0 Å². The lowest BCUT2D eigenvalue weighted by Crippen LogP contribution is -2.18. The van der Waals surface area contributed by atoms with Crippen LogP contribution in [0.15, 0.2) is 36.7 Å². The lowest BCUT2D eigenvalue weighted by atomic mass is 10.2. The molecule has 5 heteroatoms. The normalized spacial score (nSPS) is 10.3. The maximum Gasteiger partial charge on any atom is 0.134 e. The Labute approximate surface area is 112 Å². The van der Waals surface area contributed by atoms with E-state index < -0.39 is 0 Å². The predicted molar refractivity (Wildman–Crippen MR) is 74.7 cm³/mol. The molecule has 4 nitrogen and oxygen atoms in total. The highest BCUT2D eigenvalue weighted by Crippen LogP contribution is 2.15. The highest BCUT2D eigenvalue weighted by Gasteiger charge is 2.05. The van der Waals surface area contributed by atoms with E-state index >= 15 is 0 Å². The van der Waals surface area contributed by atoms with Crippen molar-refractivity contribution in [3.8, 4) is 0 Å². The number of halogens is 1. The van der Waals surface area contributed by atoms with Gasteiger partial charge in [-0.05, 0) is 24.6 Å². The molecule has 0 bridgehead atoms. The van der Waals surface area contributed by atoms with Gasteiger partial charge in [-0.25, -0.2) is 14.4 Å². The van der Waals surface area contributed by atoms with Crippen LogP contribution >= 0.6 is 0 Å². The first kappa shape index (κ1) is 13.3. The lowest BCUT2D eigenvalue weighted by Gasteiger charge is -2.18. The molecule has 19 heavy (non-hydrogen) atoms. The van der Waals surface area contributed by atoms with Gasteiger partial charge in [-0.1, -0.05) is 12.1 Å². The van der Waals surface area contributed by atoms with Crippen LogP contribution in [0.25, 0.3) is 0 Å². The Bertz CT molecular complexity index is 527. The monoisotopic (exact) mass is 260 g/mol. The molecule has 0 unspecified atom stereocenters. The molecule has 1 aromatic heterocycles. The third-order valence-corrected chi connectivity index (χ3v) is 2.73. The van der Waals surface area contributed by atoms with Crippen LogP contribution in [0, 0.1) is 5.82 Å². The van der Waals surface area contributed by atoms with E-state index in [2.05, 4.69) is 15.3 Å². The van der Waals surface area contributed by atoms with Crippen LogP contribution in [0.2, 0.25) is 0 Å². The van der Waals surface area contributed by atoms with Crippen molar-refractivity contribution in [3.63, 3.8) is 0 Å². The van der Waals surface area contributed by atoms with E-state index in [1.165, 1.54) is 18.5 Å². The number of nitrogens with zero attached hydrogens (tertiary/aromatic N) is 3. The number of anilines is 2. The van der Waals surface area contributed by atoms with E-state index in [0.29, 0.717) is 6.54 Å². The summed E-state index contributed by atoms with van der Waals surface area (Å²) in [7, 11) is 1.95. The minimum atomic E-state index is -0.220. The Kier molecular flexibility index (Phi) is 4.28. The summed E-state index contributed by atoms with van der Waals surface area (Å²) < 4.78 is 12.8. The fraction of sp³-hybridized carbons (Fsp3) is 0.286. The summed E-state index contributed by atoms with van der Waals surface area (Å²) in [6.45, 7) is 3.50. The maximum atomic E-state index is 12.8. The maximum absolute atomic E-state index is 12.8. The Morgan fingerprint density at radius 1 is 1.21 bits per heavy atom. The van der Waals surface area contributed by atoms with Gasteiger partial charge >= 0.3 is 0 Å². The molecule has 0 spiro atoms. The van der Waals surface area contributed by atoms with Gasteiger partial charge in [-0.3, -0.25) is 0 Å². The second kappa shape index (κ2) is 6.13. The summed E-state index contributed by atoms with van der Waals surface area (Å²) in [6.07, 6.45) is 1.54. The minimum Gasteiger partial charge on any atom is -0.370 e. The van der Waals surface area contributed by atoms with Crippen LogP contribution in [-0.2, 0) is 6.54 Å². The van der Waals surface area contributed by atoms with E-state index in [-0.39, 0.29) is 5.82 Å². The quantitative estimate of drug-likeness (QED) is 0.897. The molecule has 0 radical (unpaired) electrons. The molecule has 0 aliphatic rings. The second-order valence-corrected chi connectivity index (χ2v) is 4.27. The summed E-state index contributed by atoms with van der Waals surface area (Å²) in [4.78, 5) is 10.4. The number of benzene rings is 1. The van der Waals surface area contributed by atoms with Crippen LogP contribution in [-0.4, -0.2) is 23.6 Å². The van der Waals surface area contributed by atoms with Crippen molar-refractivity contribution in [1.29, 1.82) is 0 Å². The average Bonchev–Trinajstić information content (AvgIpc) is 2.42. The van der Waals surface area contributed by atoms with Crippen molar-refractivity contribution < 1.29 is 4.39 Å². The summed E-state index contributed by atoms with van der Waals surface area (Å²) in [5, 5.41) is 3.15. The van der Waals surface area contributed by atoms with Crippen molar-refractivity contribution in [3.05, 3.63) is 48.0 Å². The molecule has 2 aromatic rings. The zero-order valence-electron chi connectivity index (χ0n) is 11.1. The van der Waals surface area contributed by atoms with Gasteiger partial charge in [0.05, 0.1) is 0 Å². The van der Waals surface area contributed by atoms with E-state index in [1.54, 1.807) is 12.1 Å². The summed E-state index contributed by atoms with van der Waals surface area (Å²) in [6, 6.07) is 8.38. The van der Waals surface area contributed by atoms with Gasteiger partial charge in [0.25, 0.3) is 0 Å². The van der Waals surface area contributed by atoms with Crippen molar-refractivity contribution in [2.75, 3.05) is 23.8 Å². The van der Waals surface area contributed by atoms with Gasteiger partial charge in [-0.15, -0.1) is 0 Å². The number of hydrogen-bond donors (Lipinski definition) is 1. The van der Waals surface area contributed by atoms with E-state index in [0.717, 1.165) is 23.7 Å². The van der Waals surface area contributed by atoms with E-state index in [9.17, 15) is 4.39 Å². The predicted octanol–water partition coefficient (Wildman–Crippen LogP) is 2.68. The fourth-order valence-corrected chi connectivity index (χ4v) is 1.78. The van der Waals surface area contributed by atoms with Gasteiger partial charge < -0.3 is 10.2 Å². The molecular formula is C14H17FN4. The second-order valence-electron chi connectivity index (χ2n) is 4.27. The Balaban J connectivity index is 2.08. The molecule has 1 aromatic carbocycles. The van der Waals surface area contributed by atoms with Gasteiger partial charge in [0.2, 0.25) is 0 Å². The summed E-state index contributed by atoms with van der Waals surface area (Å²) in [5.41, 5.74) is 1.03. The number of hydrogen-bond acceptors (Lipinski definition) is 4. The van der Waals surface area contributed by atoms with Crippen LogP contribution in [0.1, 0.15) is 12.5 Å². The third-order valence-electron chi connectivity index (χ3n) is 2.73. The number of nitrogens with one attached hydrogen (secondary N) is 1. The molecule has 0 fully saturated rings. The van der Waals surface area contributed by atoms with Gasteiger partial charge in [0, 0.05) is 26.2 Å². The molecule has 1 heterocycles. The zero-order valence-corrected chi connectivity index (χ0v) is 11.1. The number of aromatic nitrogens is 2. The van der Waals surface area contributed by atoms with Gasteiger partial charge in [0.15, 0.2) is 0 Å². The highest BCUT2D eigenvalue weighted by atomic mass is 19.1. The zero-order chi connectivity index (χ0) is 13.7. The molecule has 0 aliphatic heterocycles. The summed E-state index contributed by atoms with van der Waals surface area (Å²) >= 11 is 0. The first-order valence-corrected chi connectivity index (χ1v) is 6.20. The molecule has 1 N–H and O–H groups in total. The van der Waals surface area contributed by atoms with Crippen LogP contribution in [0.5, 0.6) is 0 Å². The Morgan fingerprint density at radius 3 is 2.63 bits per heavy atom. The van der Waals surface area contributed by atoms with Gasteiger partial charge in [-0.2, -0.15) is 0 Å². The van der Waals surface area contributed by atoms with E-state index in [1.807, 2.05) is 24.9 Å². The SMILES string of the molecule is CCNc1cc(N(C)Cc2ccc(F)cc2)ncn1. The molecule has 0 saturated heterocycles. The van der Waals surface area contributed by atoms with Crippen molar-refractivity contribution >= 4 is 11.6 Å². The lowest BCUT2D eigenvalue weighted by molar-refractivity contribution is 0.627. The molecule has 0 amide bonds. The molecule has 100 valence electrons. The first-order valence-electron chi connectivity index (χ1n) is 6.20. The number of rotatable bonds is 5. The largest absolute Gasteiger partial charge is 0.370 e. The standard InChI is InChI=1S/C14H17FN4/c1-3-16-13-8-14(18-10-17-13)19(2)9-11-4-6-12(15)7-5-11/h4-8,10H,3,9H2,1-2H3,(H,16,17,18). The topological polar surface area (TPSA) is 41.0 Å². The first-order chi connectivity index (χ1) is 9.19. The molecule has 2 rings (SSSR count). The molecule has 0 aliphatic carbocycles. The molecule has 0 saturated carbocycles. The van der Waals surface area contributed by atoms with Gasteiger partial charge in [0.1, 0.15) is 23.8 Å². The Hall–Kier alpha value is -2.17. The smallest absolute Gasteiger partial charge is 0.134 e. The fourth-order valence-electron chi connectivity index (χ4n) is 1.78. The Morgan fingerprint density at radius 2 is 1.95 bits per heavy atom. The van der Waals surface area contributed by atoms with Crippen molar-refractivity contribution in [2.24, 2.45) is 0 Å². The van der Waals surface area contributed by atoms with Crippen LogP contribution in [0.3, 0.4) is 0 Å². The van der Waals surface area contributed by atoms with Crippen LogP contribution < -0.4 is 10.2 Å². The minimum absolute atomic E-state index is 0.220. The third kappa shape index (κ3) is 3.64. The average molecular weight is 260 g/mol. The van der Waals surface area contributed by atoms with Crippen molar-refractivity contribution in [1.82, 2.24) is 9.97 Å². The summed E-state index contributed by atoms with van der Waals surface area (Å²) in [5.74, 6) is 1.41. The highest BCUT2D eigenvalue weighted by molar-refractivity contribution is 5.48. The van der Waals surface area contributed by atoms with Crippen LogP contribution in [0.4, 0.5) is 16.0 Å². The van der Waals surface area contributed by atoms with Crippen molar-refractivity contribution in [2.45, 2.75) is 13.5 Å². The molecular weight excluding hydrogens is 243 g/mol.